The van der Waals surface area contributed by atoms with Crippen LogP contribution in [0.15, 0.2) is 29.4 Å². The highest BCUT2D eigenvalue weighted by Crippen LogP contribution is 2.15. The second-order valence-electron chi connectivity index (χ2n) is 2.91. The maximum absolute atomic E-state index is 10.6. The monoisotopic (exact) mass is 217 g/mol. The Morgan fingerprint density at radius 2 is 2.38 bits per heavy atom. The second-order valence-corrected chi connectivity index (χ2v) is 2.91. The van der Waals surface area contributed by atoms with Crippen molar-refractivity contribution in [1.29, 1.82) is 5.26 Å². The topological polar surface area (TPSA) is 74.5 Å². The van der Waals surface area contributed by atoms with Crippen LogP contribution in [-0.4, -0.2) is 18.7 Å². The van der Waals surface area contributed by atoms with E-state index in [1.165, 1.54) is 13.1 Å². The highest BCUT2D eigenvalue weighted by molar-refractivity contribution is 5.84. The number of hydrazone groups is 1. The van der Waals surface area contributed by atoms with E-state index in [1.807, 2.05) is 12.1 Å². The van der Waals surface area contributed by atoms with E-state index in [-0.39, 0.29) is 12.5 Å². The fraction of sp³-hybridized carbons (Fsp3) is 0.182. The fourth-order valence-corrected chi connectivity index (χ4v) is 1.02. The summed E-state index contributed by atoms with van der Waals surface area (Å²) in [5.41, 5.74) is 2.99. The van der Waals surface area contributed by atoms with E-state index in [0.29, 0.717) is 11.3 Å². The van der Waals surface area contributed by atoms with Gasteiger partial charge in [0.2, 0.25) is 5.91 Å². The molecule has 1 N–H and O–H groups in total. The molecule has 16 heavy (non-hydrogen) atoms. The first kappa shape index (κ1) is 11.7. The molecule has 0 saturated heterocycles. The molecule has 0 bridgehead atoms. The van der Waals surface area contributed by atoms with Gasteiger partial charge < -0.3 is 4.74 Å². The minimum Gasteiger partial charge on any atom is -0.478 e. The third-order valence-electron chi connectivity index (χ3n) is 1.64. The Hall–Kier alpha value is -2.35. The van der Waals surface area contributed by atoms with E-state index in [4.69, 9.17) is 10.00 Å². The zero-order chi connectivity index (χ0) is 11.8. The van der Waals surface area contributed by atoms with E-state index in [1.54, 1.807) is 18.2 Å². The smallest absolute Gasteiger partial charge is 0.236 e. The van der Waals surface area contributed by atoms with Crippen LogP contribution in [0.3, 0.4) is 0 Å². The van der Waals surface area contributed by atoms with Gasteiger partial charge in [-0.1, -0.05) is 12.1 Å². The lowest BCUT2D eigenvalue weighted by molar-refractivity contribution is -0.118. The van der Waals surface area contributed by atoms with Crippen LogP contribution < -0.4 is 10.2 Å². The Morgan fingerprint density at radius 3 is 3.06 bits per heavy atom. The number of hydrogen-bond donors (Lipinski definition) is 1. The number of carbonyl (C=O) groups is 1. The summed E-state index contributed by atoms with van der Waals surface area (Å²) in [6.07, 6.45) is 1.47. The lowest BCUT2D eigenvalue weighted by atomic mass is 10.2. The minimum atomic E-state index is -0.244. The number of ether oxygens (including phenoxy) is 1. The van der Waals surface area contributed by atoms with Gasteiger partial charge in [0, 0.05) is 12.5 Å². The summed E-state index contributed by atoms with van der Waals surface area (Å²) in [5.74, 6) is 0.310. The van der Waals surface area contributed by atoms with Crippen molar-refractivity contribution in [2.24, 2.45) is 5.10 Å². The van der Waals surface area contributed by atoms with E-state index >= 15 is 0 Å². The van der Waals surface area contributed by atoms with Gasteiger partial charge in [0.05, 0.1) is 6.21 Å². The summed E-state index contributed by atoms with van der Waals surface area (Å²) >= 11 is 0. The standard InChI is InChI=1S/C11H11N3O2/c1-9(15)14-13-8-10-4-2-3-5-11(10)16-7-6-12/h2-5,8H,7H2,1H3,(H,14,15)/b13-8+. The molecule has 1 rings (SSSR count). The van der Waals surface area contributed by atoms with E-state index < -0.39 is 0 Å². The largest absolute Gasteiger partial charge is 0.478 e. The number of nitriles is 1. The van der Waals surface area contributed by atoms with Gasteiger partial charge in [-0.05, 0) is 12.1 Å². The summed E-state index contributed by atoms with van der Waals surface area (Å²) in [6.45, 7) is 1.35. The average Bonchev–Trinajstić information content (AvgIpc) is 2.27. The third-order valence-corrected chi connectivity index (χ3v) is 1.64. The van der Waals surface area contributed by atoms with E-state index in [0.717, 1.165) is 0 Å². The van der Waals surface area contributed by atoms with Crippen molar-refractivity contribution in [3.63, 3.8) is 0 Å². The summed E-state index contributed by atoms with van der Waals surface area (Å²) in [7, 11) is 0. The van der Waals surface area contributed by atoms with Crippen LogP contribution in [0.1, 0.15) is 12.5 Å². The normalized spacial score (nSPS) is 9.75. The first-order valence-corrected chi connectivity index (χ1v) is 4.62. The predicted octanol–water partition coefficient (Wildman–Crippen LogP) is 1.06. The molecule has 0 saturated carbocycles. The molecule has 0 fully saturated rings. The van der Waals surface area contributed by atoms with Crippen molar-refractivity contribution < 1.29 is 9.53 Å². The molecule has 0 aliphatic carbocycles. The molecule has 1 aromatic rings. The third kappa shape index (κ3) is 3.80. The number of carbonyl (C=O) groups excluding carboxylic acids is 1. The Kier molecular flexibility index (Phi) is 4.54. The molecule has 5 heteroatoms. The molecular weight excluding hydrogens is 206 g/mol. The average molecular weight is 217 g/mol. The number of para-hydroxylation sites is 1. The number of rotatable bonds is 4. The van der Waals surface area contributed by atoms with Crippen LogP contribution in [0.2, 0.25) is 0 Å². The molecule has 0 atom stereocenters. The summed E-state index contributed by atoms with van der Waals surface area (Å²) in [6, 6.07) is 8.99. The first-order valence-electron chi connectivity index (χ1n) is 4.62. The number of nitrogens with zero attached hydrogens (tertiary/aromatic N) is 2. The molecule has 0 aromatic heterocycles. The van der Waals surface area contributed by atoms with Gasteiger partial charge in [-0.3, -0.25) is 4.79 Å². The summed E-state index contributed by atoms with van der Waals surface area (Å²) in [4.78, 5) is 10.6. The van der Waals surface area contributed by atoms with Crippen molar-refractivity contribution in [3.8, 4) is 11.8 Å². The molecule has 0 spiro atoms. The molecule has 0 aliphatic rings. The molecular formula is C11H11N3O2. The van der Waals surface area contributed by atoms with Crippen molar-refractivity contribution in [3.05, 3.63) is 29.8 Å². The van der Waals surface area contributed by atoms with Crippen molar-refractivity contribution in [1.82, 2.24) is 5.43 Å². The molecule has 0 unspecified atom stereocenters. The molecule has 82 valence electrons. The summed E-state index contributed by atoms with van der Waals surface area (Å²) in [5, 5.41) is 12.1. The van der Waals surface area contributed by atoms with Crippen LogP contribution in [0.25, 0.3) is 0 Å². The number of benzene rings is 1. The maximum atomic E-state index is 10.6. The van der Waals surface area contributed by atoms with Gasteiger partial charge in [0.1, 0.15) is 11.8 Å². The lowest BCUT2D eigenvalue weighted by Crippen LogP contribution is -2.12. The van der Waals surface area contributed by atoms with Crippen LogP contribution in [0.5, 0.6) is 5.75 Å². The van der Waals surface area contributed by atoms with E-state index in [9.17, 15) is 4.79 Å². The van der Waals surface area contributed by atoms with Crippen LogP contribution in [-0.2, 0) is 4.79 Å². The first-order chi connectivity index (χ1) is 7.74. The Bertz CT molecular complexity index is 435. The zero-order valence-electron chi connectivity index (χ0n) is 8.80. The summed E-state index contributed by atoms with van der Waals surface area (Å²) < 4.78 is 5.18. The fourth-order valence-electron chi connectivity index (χ4n) is 1.02. The molecule has 0 radical (unpaired) electrons. The molecule has 0 heterocycles. The van der Waals surface area contributed by atoms with Crippen LogP contribution >= 0.6 is 0 Å². The quantitative estimate of drug-likeness (QED) is 0.605. The van der Waals surface area contributed by atoms with Gasteiger partial charge in [-0.15, -0.1) is 0 Å². The highest BCUT2D eigenvalue weighted by Gasteiger charge is 1.99. The number of nitrogens with one attached hydrogen (secondary N) is 1. The highest BCUT2D eigenvalue weighted by atomic mass is 16.5. The number of amides is 1. The molecule has 0 aliphatic heterocycles. The zero-order valence-corrected chi connectivity index (χ0v) is 8.80. The SMILES string of the molecule is CC(=O)N/N=C/c1ccccc1OCC#N. The predicted molar refractivity (Wildman–Crippen MR) is 59.0 cm³/mol. The van der Waals surface area contributed by atoms with Crippen LogP contribution in [0.4, 0.5) is 0 Å². The van der Waals surface area contributed by atoms with Gasteiger partial charge >= 0.3 is 0 Å². The second kappa shape index (κ2) is 6.19. The van der Waals surface area contributed by atoms with Crippen molar-refractivity contribution in [2.45, 2.75) is 6.92 Å². The lowest BCUT2D eigenvalue weighted by Gasteiger charge is -2.04. The van der Waals surface area contributed by atoms with Gasteiger partial charge in [-0.25, -0.2) is 5.43 Å². The molecule has 1 aromatic carbocycles. The number of hydrogen-bond acceptors (Lipinski definition) is 4. The molecule has 5 nitrogen and oxygen atoms in total. The Balaban J connectivity index is 2.74. The van der Waals surface area contributed by atoms with Gasteiger partial charge in [-0.2, -0.15) is 10.4 Å². The minimum absolute atomic E-state index is 0.0228. The van der Waals surface area contributed by atoms with Gasteiger partial charge in [0.25, 0.3) is 0 Å². The van der Waals surface area contributed by atoms with Crippen molar-refractivity contribution >= 4 is 12.1 Å². The van der Waals surface area contributed by atoms with Crippen LogP contribution in [0, 0.1) is 11.3 Å². The molecule has 1 amide bonds. The van der Waals surface area contributed by atoms with Gasteiger partial charge in [0.15, 0.2) is 6.61 Å². The maximum Gasteiger partial charge on any atom is 0.236 e. The Labute approximate surface area is 93.3 Å². The van der Waals surface area contributed by atoms with Crippen molar-refractivity contribution in [2.75, 3.05) is 6.61 Å². The van der Waals surface area contributed by atoms with E-state index in [2.05, 4.69) is 10.5 Å². The Morgan fingerprint density at radius 1 is 1.62 bits per heavy atom.